The second-order valence-electron chi connectivity index (χ2n) is 7.33. The zero-order valence-electron chi connectivity index (χ0n) is 17.4. The lowest BCUT2D eigenvalue weighted by molar-refractivity contribution is -0.295. The maximum Gasteiger partial charge on any atom is 0.339 e. The van der Waals surface area contributed by atoms with Crippen molar-refractivity contribution in [2.24, 2.45) is 5.41 Å². The van der Waals surface area contributed by atoms with Crippen molar-refractivity contribution in [3.63, 3.8) is 0 Å². The molecular formula is C18H26O11. The second-order valence-corrected chi connectivity index (χ2v) is 7.33. The maximum absolute atomic E-state index is 12.5. The van der Waals surface area contributed by atoms with E-state index in [1.807, 2.05) is 0 Å². The van der Waals surface area contributed by atoms with Crippen molar-refractivity contribution < 1.29 is 52.4 Å². The van der Waals surface area contributed by atoms with Crippen LogP contribution in [-0.2, 0) is 52.4 Å². The third-order valence-electron chi connectivity index (χ3n) is 3.67. The number of carbonyl (C=O) groups excluding carboxylic acids is 5. The predicted molar refractivity (Wildman–Crippen MR) is 92.9 cm³/mol. The SMILES string of the molecule is COC(=O)[C@@H]1OC(OC(C)=O)[C@H](OC(C)=O)[C@@H](OC(=O)C(C)(C)C)[C@@H]1OC(C)=O. The zero-order chi connectivity index (χ0) is 22.5. The van der Waals surface area contributed by atoms with Crippen LogP contribution >= 0.6 is 0 Å². The summed E-state index contributed by atoms with van der Waals surface area (Å²) in [5, 5.41) is 0. The number of carbonyl (C=O) groups is 5. The highest BCUT2D eigenvalue weighted by atomic mass is 16.7. The molecule has 0 saturated carbocycles. The first-order valence-corrected chi connectivity index (χ1v) is 8.74. The van der Waals surface area contributed by atoms with Crippen LogP contribution < -0.4 is 0 Å². The van der Waals surface area contributed by atoms with E-state index < -0.39 is 66.0 Å². The lowest BCUT2D eigenvalue weighted by atomic mass is 9.95. The van der Waals surface area contributed by atoms with E-state index in [1.165, 1.54) is 0 Å². The Balaban J connectivity index is 3.48. The second kappa shape index (κ2) is 9.68. The van der Waals surface area contributed by atoms with Crippen molar-refractivity contribution in [3.05, 3.63) is 0 Å². The van der Waals surface area contributed by atoms with E-state index in [0.29, 0.717) is 0 Å². The molecule has 5 atom stereocenters. The van der Waals surface area contributed by atoms with Gasteiger partial charge in [-0.15, -0.1) is 0 Å². The predicted octanol–water partition coefficient (Wildman–Crippen LogP) is 0.269. The first kappa shape index (κ1) is 24.3. The van der Waals surface area contributed by atoms with E-state index in [-0.39, 0.29) is 0 Å². The number of hydrogen-bond acceptors (Lipinski definition) is 11. The van der Waals surface area contributed by atoms with Crippen LogP contribution in [0.3, 0.4) is 0 Å². The molecule has 0 N–H and O–H groups in total. The summed E-state index contributed by atoms with van der Waals surface area (Å²) in [6, 6.07) is 0. The fourth-order valence-electron chi connectivity index (χ4n) is 2.45. The normalized spacial score (nSPS) is 26.7. The van der Waals surface area contributed by atoms with Gasteiger partial charge in [0, 0.05) is 20.8 Å². The molecule has 0 spiro atoms. The van der Waals surface area contributed by atoms with Gasteiger partial charge in [-0.05, 0) is 20.8 Å². The van der Waals surface area contributed by atoms with Gasteiger partial charge in [-0.2, -0.15) is 0 Å². The van der Waals surface area contributed by atoms with Gasteiger partial charge >= 0.3 is 29.8 Å². The zero-order valence-corrected chi connectivity index (χ0v) is 17.4. The fraction of sp³-hybridized carbons (Fsp3) is 0.722. The van der Waals surface area contributed by atoms with Crippen molar-refractivity contribution in [3.8, 4) is 0 Å². The lowest BCUT2D eigenvalue weighted by Gasteiger charge is -2.43. The lowest BCUT2D eigenvalue weighted by Crippen LogP contribution is -2.64. The van der Waals surface area contributed by atoms with Gasteiger partial charge in [0.15, 0.2) is 18.3 Å². The molecule has 0 aromatic heterocycles. The molecule has 164 valence electrons. The molecule has 1 unspecified atom stereocenters. The Morgan fingerprint density at radius 2 is 1.21 bits per heavy atom. The van der Waals surface area contributed by atoms with Gasteiger partial charge in [0.1, 0.15) is 0 Å². The maximum atomic E-state index is 12.5. The van der Waals surface area contributed by atoms with E-state index in [0.717, 1.165) is 27.9 Å². The molecule has 0 aromatic rings. The highest BCUT2D eigenvalue weighted by Gasteiger charge is 2.56. The van der Waals surface area contributed by atoms with E-state index in [9.17, 15) is 24.0 Å². The van der Waals surface area contributed by atoms with Crippen molar-refractivity contribution in [2.75, 3.05) is 7.11 Å². The van der Waals surface area contributed by atoms with Crippen LogP contribution in [0.1, 0.15) is 41.5 Å². The Hall–Kier alpha value is -2.69. The van der Waals surface area contributed by atoms with Gasteiger partial charge in [-0.25, -0.2) is 4.79 Å². The fourth-order valence-corrected chi connectivity index (χ4v) is 2.45. The van der Waals surface area contributed by atoms with Crippen LogP contribution in [0.2, 0.25) is 0 Å². The Kier molecular flexibility index (Phi) is 8.13. The van der Waals surface area contributed by atoms with Gasteiger partial charge in [0.2, 0.25) is 12.4 Å². The third kappa shape index (κ3) is 6.70. The molecule has 0 aromatic carbocycles. The molecule has 0 amide bonds. The van der Waals surface area contributed by atoms with Crippen molar-refractivity contribution >= 4 is 29.8 Å². The topological polar surface area (TPSA) is 141 Å². The molecule has 11 nitrogen and oxygen atoms in total. The summed E-state index contributed by atoms with van der Waals surface area (Å²) in [6.07, 6.45) is -7.78. The molecule has 1 aliphatic heterocycles. The Morgan fingerprint density at radius 3 is 1.62 bits per heavy atom. The van der Waals surface area contributed by atoms with Gasteiger partial charge in [0.25, 0.3) is 0 Å². The molecule has 0 radical (unpaired) electrons. The molecule has 1 aliphatic rings. The van der Waals surface area contributed by atoms with Gasteiger partial charge < -0.3 is 28.4 Å². The van der Waals surface area contributed by atoms with E-state index in [2.05, 4.69) is 4.74 Å². The third-order valence-corrected chi connectivity index (χ3v) is 3.67. The largest absolute Gasteiger partial charge is 0.467 e. The van der Waals surface area contributed by atoms with Crippen molar-refractivity contribution in [1.29, 1.82) is 0 Å². The summed E-state index contributed by atoms with van der Waals surface area (Å²) in [6.45, 7) is 7.90. The molecule has 29 heavy (non-hydrogen) atoms. The summed E-state index contributed by atoms with van der Waals surface area (Å²) >= 11 is 0. The van der Waals surface area contributed by atoms with Gasteiger partial charge in [-0.1, -0.05) is 0 Å². The Labute approximate surface area is 167 Å². The number of methoxy groups -OCH3 is 1. The minimum atomic E-state index is -1.62. The molecular weight excluding hydrogens is 392 g/mol. The van der Waals surface area contributed by atoms with Crippen LogP contribution in [0.25, 0.3) is 0 Å². The highest BCUT2D eigenvalue weighted by Crippen LogP contribution is 2.31. The van der Waals surface area contributed by atoms with Crippen LogP contribution in [-0.4, -0.2) is 67.7 Å². The average Bonchev–Trinajstić information content (AvgIpc) is 2.56. The van der Waals surface area contributed by atoms with Crippen LogP contribution in [0.15, 0.2) is 0 Å². The number of rotatable bonds is 5. The number of hydrogen-bond donors (Lipinski definition) is 0. The molecule has 1 saturated heterocycles. The molecule has 1 heterocycles. The molecule has 0 aliphatic carbocycles. The monoisotopic (exact) mass is 418 g/mol. The summed E-state index contributed by atoms with van der Waals surface area (Å²) in [7, 11) is 1.06. The van der Waals surface area contributed by atoms with E-state index in [1.54, 1.807) is 20.8 Å². The highest BCUT2D eigenvalue weighted by molar-refractivity contribution is 5.78. The Morgan fingerprint density at radius 1 is 0.724 bits per heavy atom. The number of esters is 5. The van der Waals surface area contributed by atoms with Crippen molar-refractivity contribution in [2.45, 2.75) is 72.2 Å². The quantitative estimate of drug-likeness (QED) is 0.448. The van der Waals surface area contributed by atoms with E-state index >= 15 is 0 Å². The smallest absolute Gasteiger partial charge is 0.339 e. The minimum Gasteiger partial charge on any atom is -0.467 e. The summed E-state index contributed by atoms with van der Waals surface area (Å²) in [4.78, 5) is 59.4. The molecule has 0 bridgehead atoms. The molecule has 11 heteroatoms. The first-order chi connectivity index (χ1) is 13.3. The standard InChI is InChI=1S/C18H26O11/c1-8(19)25-11-12(29-17(23)18(4,5)6)14(26-9(2)20)16(27-10(3)21)28-13(11)15(22)24-7/h11-14,16H,1-7H3/t11-,12-,13+,14+,16?/m0/s1. The average molecular weight is 418 g/mol. The Bertz CT molecular complexity index is 663. The van der Waals surface area contributed by atoms with Crippen LogP contribution in [0.5, 0.6) is 0 Å². The molecule has 1 rings (SSSR count). The van der Waals surface area contributed by atoms with Crippen LogP contribution in [0, 0.1) is 5.41 Å². The van der Waals surface area contributed by atoms with Crippen LogP contribution in [0.4, 0.5) is 0 Å². The minimum absolute atomic E-state index is 0.746. The van der Waals surface area contributed by atoms with E-state index in [4.69, 9.17) is 23.7 Å². The first-order valence-electron chi connectivity index (χ1n) is 8.74. The van der Waals surface area contributed by atoms with Crippen molar-refractivity contribution in [1.82, 2.24) is 0 Å². The molecule has 1 fully saturated rings. The van der Waals surface area contributed by atoms with Gasteiger partial charge in [0.05, 0.1) is 12.5 Å². The van der Waals surface area contributed by atoms with Gasteiger partial charge in [-0.3, -0.25) is 19.2 Å². The summed E-state index contributed by atoms with van der Waals surface area (Å²) in [5.74, 6) is -4.18. The summed E-state index contributed by atoms with van der Waals surface area (Å²) < 4.78 is 30.8. The summed E-state index contributed by atoms with van der Waals surface area (Å²) in [5.41, 5.74) is -0.989. The number of ether oxygens (including phenoxy) is 6.